The van der Waals surface area contributed by atoms with Crippen LogP contribution < -0.4 is 19.1 Å². The summed E-state index contributed by atoms with van der Waals surface area (Å²) in [4.78, 5) is 13.1. The number of aromatic nitrogens is 2. The number of nitrogens with zero attached hydrogens (tertiary/aromatic N) is 3. The number of methoxy groups -OCH3 is 3. The Labute approximate surface area is 221 Å². The Morgan fingerprint density at radius 2 is 1.54 bits per heavy atom. The lowest BCUT2D eigenvalue weighted by molar-refractivity contribution is 0.313. The number of halogens is 1. The van der Waals surface area contributed by atoms with Crippen molar-refractivity contribution in [2.24, 2.45) is 0 Å². The van der Waals surface area contributed by atoms with Gasteiger partial charge in [0.05, 0.1) is 48.6 Å². The molecule has 1 aliphatic rings. The van der Waals surface area contributed by atoms with Gasteiger partial charge in [-0.3, -0.25) is 0 Å². The number of rotatable bonds is 5. The number of likely N-dealkylation sites (N-methyl/N-ethyl adjacent to an activating group) is 1. The summed E-state index contributed by atoms with van der Waals surface area (Å²) in [5, 5.41) is 0.642. The highest BCUT2D eigenvalue weighted by Gasteiger charge is 2.20. The third kappa shape index (κ3) is 5.04. The van der Waals surface area contributed by atoms with Gasteiger partial charge in [0.15, 0.2) is 11.5 Å². The second-order valence-electron chi connectivity index (χ2n) is 8.91. The number of piperazine rings is 1. The molecule has 1 N–H and O–H groups in total. The number of hydrogen-bond donors (Lipinski definition) is 1. The van der Waals surface area contributed by atoms with Crippen LogP contribution in [-0.4, -0.2) is 69.4 Å². The maximum Gasteiger partial charge on any atom is 0.203 e. The van der Waals surface area contributed by atoms with E-state index in [9.17, 15) is 0 Å². The zero-order chi connectivity index (χ0) is 25.9. The van der Waals surface area contributed by atoms with E-state index in [1.165, 1.54) is 0 Å². The van der Waals surface area contributed by atoms with E-state index in [1.54, 1.807) is 21.3 Å². The van der Waals surface area contributed by atoms with Gasteiger partial charge in [-0.25, -0.2) is 4.98 Å². The summed E-state index contributed by atoms with van der Waals surface area (Å²) in [7, 11) is 6.94. The molecule has 0 atom stereocenters. The average Bonchev–Trinajstić information content (AvgIpc) is 3.34. The monoisotopic (exact) mass is 516 g/mol. The van der Waals surface area contributed by atoms with Gasteiger partial charge in [-0.05, 0) is 43.4 Å². The number of anilines is 1. The number of hydrogen-bond acceptors (Lipinski definition) is 6. The van der Waals surface area contributed by atoms with Gasteiger partial charge in [0.1, 0.15) is 5.82 Å². The van der Waals surface area contributed by atoms with Crippen LogP contribution in [0.5, 0.6) is 17.2 Å². The third-order valence-corrected chi connectivity index (χ3v) is 6.92. The molecule has 1 aliphatic heterocycles. The maximum absolute atomic E-state index is 6.37. The number of imidazole rings is 1. The first kappa shape index (κ1) is 24.8. The minimum absolute atomic E-state index is 0.541. The average molecular weight is 517 g/mol. The van der Waals surface area contributed by atoms with Gasteiger partial charge in [0.25, 0.3) is 0 Å². The lowest BCUT2D eigenvalue weighted by Gasteiger charge is -2.34. The van der Waals surface area contributed by atoms with Crippen molar-refractivity contribution in [3.8, 4) is 40.5 Å². The molecule has 190 valence electrons. The summed E-state index contributed by atoms with van der Waals surface area (Å²) < 4.78 is 16.5. The molecule has 0 unspecified atom stereocenters. The van der Waals surface area contributed by atoms with Crippen LogP contribution in [0.15, 0.2) is 48.5 Å². The summed E-state index contributed by atoms with van der Waals surface area (Å²) in [6, 6.07) is 15.6. The van der Waals surface area contributed by atoms with E-state index in [0.29, 0.717) is 28.1 Å². The Morgan fingerprint density at radius 1 is 0.865 bits per heavy atom. The summed E-state index contributed by atoms with van der Waals surface area (Å²) in [6.07, 6.45) is 0. The van der Waals surface area contributed by atoms with Crippen LogP contribution in [0.25, 0.3) is 22.4 Å². The van der Waals surface area contributed by atoms with Gasteiger partial charge >= 0.3 is 0 Å². The Kier molecular flexibility index (Phi) is 7.13. The Balaban J connectivity index is 1.62. The van der Waals surface area contributed by atoms with Crippen LogP contribution in [0.1, 0.15) is 11.1 Å². The van der Waals surface area contributed by atoms with Crippen molar-refractivity contribution >= 4 is 28.3 Å². The first-order valence-corrected chi connectivity index (χ1v) is 12.4. The lowest BCUT2D eigenvalue weighted by Crippen LogP contribution is -2.44. The predicted molar refractivity (Wildman–Crippen MR) is 148 cm³/mol. The van der Waals surface area contributed by atoms with Crippen molar-refractivity contribution in [1.29, 1.82) is 0 Å². The van der Waals surface area contributed by atoms with Crippen molar-refractivity contribution in [3.05, 3.63) is 64.7 Å². The second kappa shape index (κ2) is 10.6. The standard InChI is InChI=1S/C29H29ClN4O3/c1-33-11-13-34(14-12-33)25-18-24-23(15-20(25)10-9-19-7-5-6-8-22(19)30)31-29(32-24)21-16-26(35-2)28(37-4)27(17-21)36-3/h5-8,15-18H,11-14H2,1-4H3,(H,31,32). The van der Waals surface area contributed by atoms with E-state index in [1.807, 2.05) is 36.4 Å². The zero-order valence-electron chi connectivity index (χ0n) is 21.4. The van der Waals surface area contributed by atoms with E-state index < -0.39 is 0 Å². The summed E-state index contributed by atoms with van der Waals surface area (Å²) in [6.45, 7) is 3.83. The highest BCUT2D eigenvalue weighted by molar-refractivity contribution is 6.31. The molecule has 1 fully saturated rings. The molecule has 37 heavy (non-hydrogen) atoms. The second-order valence-corrected chi connectivity index (χ2v) is 9.31. The molecular weight excluding hydrogens is 488 g/mol. The smallest absolute Gasteiger partial charge is 0.203 e. The van der Waals surface area contributed by atoms with Crippen LogP contribution in [0, 0.1) is 11.8 Å². The van der Waals surface area contributed by atoms with Crippen molar-refractivity contribution in [2.45, 2.75) is 0 Å². The molecular formula is C29H29ClN4O3. The number of benzene rings is 3. The van der Waals surface area contributed by atoms with Gasteiger partial charge in [-0.2, -0.15) is 0 Å². The SMILES string of the molecule is COc1cc(-c2nc3cc(N4CCN(C)CC4)c(C#Cc4ccccc4Cl)cc3[nH]2)cc(OC)c1OC. The fourth-order valence-corrected chi connectivity index (χ4v) is 4.69. The molecule has 0 amide bonds. The fourth-order valence-electron chi connectivity index (χ4n) is 4.51. The summed E-state index contributed by atoms with van der Waals surface area (Å²) in [5.74, 6) is 9.03. The molecule has 0 aliphatic carbocycles. The van der Waals surface area contributed by atoms with Gasteiger partial charge in [0, 0.05) is 37.3 Å². The highest BCUT2D eigenvalue weighted by atomic mass is 35.5. The van der Waals surface area contributed by atoms with Gasteiger partial charge in [-0.15, -0.1) is 0 Å². The number of nitrogens with one attached hydrogen (secondary N) is 1. The molecule has 0 bridgehead atoms. The van der Waals surface area contributed by atoms with Crippen LogP contribution in [0.3, 0.4) is 0 Å². The Bertz CT molecular complexity index is 1470. The number of ether oxygens (including phenoxy) is 3. The van der Waals surface area contributed by atoms with Crippen LogP contribution in [-0.2, 0) is 0 Å². The van der Waals surface area contributed by atoms with Crippen LogP contribution >= 0.6 is 11.6 Å². The predicted octanol–water partition coefficient (Wildman–Crippen LogP) is 5.06. The molecule has 5 rings (SSSR count). The summed E-state index contributed by atoms with van der Waals surface area (Å²) in [5.41, 5.74) is 5.39. The van der Waals surface area contributed by atoms with E-state index in [-0.39, 0.29) is 0 Å². The fraction of sp³-hybridized carbons (Fsp3) is 0.276. The van der Waals surface area contributed by atoms with E-state index in [2.05, 4.69) is 45.8 Å². The molecule has 3 aromatic carbocycles. The van der Waals surface area contributed by atoms with Crippen molar-refractivity contribution in [3.63, 3.8) is 0 Å². The topological polar surface area (TPSA) is 62.9 Å². The van der Waals surface area contributed by atoms with E-state index >= 15 is 0 Å². The summed E-state index contributed by atoms with van der Waals surface area (Å²) >= 11 is 6.37. The van der Waals surface area contributed by atoms with E-state index in [4.69, 9.17) is 30.8 Å². The van der Waals surface area contributed by atoms with Gasteiger partial charge in [-0.1, -0.05) is 35.6 Å². The van der Waals surface area contributed by atoms with Crippen molar-refractivity contribution in [1.82, 2.24) is 14.9 Å². The lowest BCUT2D eigenvalue weighted by atomic mass is 10.1. The third-order valence-electron chi connectivity index (χ3n) is 6.59. The molecule has 8 heteroatoms. The highest BCUT2D eigenvalue weighted by Crippen LogP contribution is 2.41. The molecule has 0 radical (unpaired) electrons. The molecule has 0 saturated carbocycles. The first-order chi connectivity index (χ1) is 18.0. The van der Waals surface area contributed by atoms with Gasteiger partial charge in [0.2, 0.25) is 5.75 Å². The number of fused-ring (bicyclic) bond motifs is 1. The molecule has 4 aromatic rings. The minimum Gasteiger partial charge on any atom is -0.493 e. The Hall–Kier alpha value is -3.86. The Morgan fingerprint density at radius 3 is 2.19 bits per heavy atom. The molecule has 0 spiro atoms. The minimum atomic E-state index is 0.541. The van der Waals surface area contributed by atoms with Gasteiger partial charge < -0.3 is 29.0 Å². The first-order valence-electron chi connectivity index (χ1n) is 12.0. The largest absolute Gasteiger partial charge is 0.493 e. The molecule has 1 saturated heterocycles. The van der Waals surface area contributed by atoms with Crippen molar-refractivity contribution in [2.75, 3.05) is 59.5 Å². The molecule has 1 aromatic heterocycles. The maximum atomic E-state index is 6.37. The quantitative estimate of drug-likeness (QED) is 0.374. The molecule has 7 nitrogen and oxygen atoms in total. The molecule has 2 heterocycles. The number of H-pyrrole nitrogens is 1. The van der Waals surface area contributed by atoms with Crippen LogP contribution in [0.4, 0.5) is 5.69 Å². The van der Waals surface area contributed by atoms with E-state index in [0.717, 1.165) is 59.6 Å². The normalized spacial score (nSPS) is 13.8. The number of aromatic amines is 1. The van der Waals surface area contributed by atoms with Crippen LogP contribution in [0.2, 0.25) is 5.02 Å². The van der Waals surface area contributed by atoms with Crippen molar-refractivity contribution < 1.29 is 14.2 Å². The zero-order valence-corrected chi connectivity index (χ0v) is 22.1.